The molecule has 1 aliphatic rings. The quantitative estimate of drug-likeness (QED) is 0.511. The van der Waals surface area contributed by atoms with Crippen LogP contribution in [-0.2, 0) is 14.3 Å². The van der Waals surface area contributed by atoms with Crippen molar-refractivity contribution in [2.24, 2.45) is 0 Å². The summed E-state index contributed by atoms with van der Waals surface area (Å²) in [5.74, 6) is -1.01. The molecular weight excluding hydrogens is 292 g/mol. The molecule has 116 valence electrons. The highest BCUT2D eigenvalue weighted by Gasteiger charge is 2.32. The molecule has 8 heteroatoms. The minimum atomic E-state index is -0.698. The first-order valence-electron chi connectivity index (χ1n) is 6.51. The Balaban J connectivity index is 2.61. The lowest BCUT2D eigenvalue weighted by molar-refractivity contribution is -0.385. The van der Waals surface area contributed by atoms with Crippen LogP contribution in [0.1, 0.15) is 18.9 Å². The Morgan fingerprint density at radius 1 is 1.45 bits per heavy atom. The van der Waals surface area contributed by atoms with Crippen molar-refractivity contribution < 1.29 is 24.0 Å². The van der Waals surface area contributed by atoms with Crippen LogP contribution in [0.4, 0.5) is 5.69 Å². The summed E-state index contributed by atoms with van der Waals surface area (Å²) >= 11 is 0. The van der Waals surface area contributed by atoms with Gasteiger partial charge in [-0.2, -0.15) is 0 Å². The van der Waals surface area contributed by atoms with E-state index in [0.29, 0.717) is 0 Å². The highest BCUT2D eigenvalue weighted by molar-refractivity contribution is 6.19. The van der Waals surface area contributed by atoms with Gasteiger partial charge in [0.15, 0.2) is 0 Å². The Kier molecular flexibility index (Phi) is 4.40. The molecule has 0 spiro atoms. The summed E-state index contributed by atoms with van der Waals surface area (Å²) in [6.07, 6.45) is 0.222. The van der Waals surface area contributed by atoms with Gasteiger partial charge >= 0.3 is 11.7 Å². The van der Waals surface area contributed by atoms with Gasteiger partial charge in [-0.1, -0.05) is 13.0 Å². The largest absolute Gasteiger partial charge is 0.480 e. The predicted molar refractivity (Wildman–Crippen MR) is 76.0 cm³/mol. The summed E-state index contributed by atoms with van der Waals surface area (Å²) in [7, 11) is 1.20. The number of nitro groups is 1. The fourth-order valence-corrected chi connectivity index (χ4v) is 2.09. The second-order valence-electron chi connectivity index (χ2n) is 4.45. The zero-order valence-electron chi connectivity index (χ0n) is 12.0. The van der Waals surface area contributed by atoms with E-state index in [0.717, 1.165) is 0 Å². The van der Waals surface area contributed by atoms with E-state index in [9.17, 15) is 19.7 Å². The van der Waals surface area contributed by atoms with E-state index in [1.54, 1.807) is 6.92 Å². The number of carbonyl (C=O) groups excluding carboxylic acids is 2. The molecular formula is C14H14N2O6. The molecule has 1 aliphatic heterocycles. The number of hydrogen-bond donors (Lipinski definition) is 1. The summed E-state index contributed by atoms with van der Waals surface area (Å²) in [6.45, 7) is 1.50. The lowest BCUT2D eigenvalue weighted by Gasteiger charge is -2.22. The number of hydrogen-bond acceptors (Lipinski definition) is 6. The topological polar surface area (TPSA) is 108 Å². The van der Waals surface area contributed by atoms with Crippen LogP contribution >= 0.6 is 0 Å². The zero-order chi connectivity index (χ0) is 16.3. The summed E-state index contributed by atoms with van der Waals surface area (Å²) in [6, 6.07) is 4.23. The molecule has 22 heavy (non-hydrogen) atoms. The van der Waals surface area contributed by atoms with Gasteiger partial charge in [-0.05, 0) is 6.07 Å². The number of nitrogens with zero attached hydrogens (tertiary/aromatic N) is 1. The molecule has 0 bridgehead atoms. The maximum atomic E-state index is 12.0. The number of fused-ring (bicyclic) bond motifs is 1. The van der Waals surface area contributed by atoms with Crippen molar-refractivity contribution in [3.8, 4) is 5.75 Å². The second-order valence-corrected chi connectivity index (χ2v) is 4.45. The predicted octanol–water partition coefficient (Wildman–Crippen LogP) is 1.40. The van der Waals surface area contributed by atoms with Gasteiger partial charge in [0.1, 0.15) is 6.61 Å². The van der Waals surface area contributed by atoms with Crippen LogP contribution in [0, 0.1) is 10.1 Å². The van der Waals surface area contributed by atoms with Crippen molar-refractivity contribution in [3.05, 3.63) is 39.6 Å². The number of nitro benzene ring substituents is 1. The van der Waals surface area contributed by atoms with Crippen LogP contribution in [0.15, 0.2) is 23.9 Å². The number of esters is 1. The van der Waals surface area contributed by atoms with Crippen LogP contribution in [0.3, 0.4) is 0 Å². The lowest BCUT2D eigenvalue weighted by atomic mass is 9.99. The molecule has 0 radical (unpaired) electrons. The monoisotopic (exact) mass is 306 g/mol. The van der Waals surface area contributed by atoms with Gasteiger partial charge < -0.3 is 14.8 Å². The molecule has 1 N–H and O–H groups in total. The van der Waals surface area contributed by atoms with Gasteiger partial charge in [-0.25, -0.2) is 4.79 Å². The van der Waals surface area contributed by atoms with Crippen molar-refractivity contribution in [1.29, 1.82) is 0 Å². The second kappa shape index (κ2) is 6.25. The van der Waals surface area contributed by atoms with E-state index in [-0.39, 0.29) is 47.2 Å². The van der Waals surface area contributed by atoms with Gasteiger partial charge in [0.25, 0.3) is 0 Å². The minimum absolute atomic E-state index is 0.0117. The third-order valence-electron chi connectivity index (χ3n) is 3.12. The average molecular weight is 306 g/mol. The molecule has 0 unspecified atom stereocenters. The molecule has 0 aromatic heterocycles. The first kappa shape index (κ1) is 15.5. The van der Waals surface area contributed by atoms with E-state index >= 15 is 0 Å². The Morgan fingerprint density at radius 3 is 2.77 bits per heavy atom. The molecule has 8 nitrogen and oxygen atoms in total. The van der Waals surface area contributed by atoms with Gasteiger partial charge in [0.05, 0.1) is 23.3 Å². The van der Waals surface area contributed by atoms with Crippen molar-refractivity contribution >= 4 is 23.1 Å². The van der Waals surface area contributed by atoms with Gasteiger partial charge in [-0.15, -0.1) is 0 Å². The van der Waals surface area contributed by atoms with E-state index < -0.39 is 10.9 Å². The van der Waals surface area contributed by atoms with Crippen molar-refractivity contribution in [1.82, 2.24) is 5.32 Å². The van der Waals surface area contributed by atoms with Crippen LogP contribution in [0.2, 0.25) is 0 Å². The summed E-state index contributed by atoms with van der Waals surface area (Å²) < 4.78 is 10.1. The van der Waals surface area contributed by atoms with Crippen molar-refractivity contribution in [3.63, 3.8) is 0 Å². The highest BCUT2D eigenvalue weighted by atomic mass is 16.6. The maximum Gasteiger partial charge on any atom is 0.340 e. The van der Waals surface area contributed by atoms with Crippen molar-refractivity contribution in [2.75, 3.05) is 13.7 Å². The van der Waals surface area contributed by atoms with Crippen LogP contribution in [0.25, 0.3) is 5.57 Å². The molecule has 0 saturated heterocycles. The fourth-order valence-electron chi connectivity index (χ4n) is 2.09. The Labute approximate surface area is 125 Å². The molecule has 0 saturated carbocycles. The molecule has 0 fully saturated rings. The summed E-state index contributed by atoms with van der Waals surface area (Å²) in [5.41, 5.74) is 0.263. The van der Waals surface area contributed by atoms with E-state index in [1.807, 2.05) is 0 Å². The van der Waals surface area contributed by atoms with Gasteiger partial charge in [0, 0.05) is 18.1 Å². The molecule has 0 aliphatic carbocycles. The van der Waals surface area contributed by atoms with Crippen molar-refractivity contribution in [2.45, 2.75) is 13.3 Å². The lowest BCUT2D eigenvalue weighted by Crippen LogP contribution is -2.30. The Morgan fingerprint density at radius 2 is 2.18 bits per heavy atom. The summed E-state index contributed by atoms with van der Waals surface area (Å²) in [4.78, 5) is 34.1. The fraction of sp³-hybridized carbons (Fsp3) is 0.286. The number of carbonyl (C=O) groups is 2. The molecule has 2 rings (SSSR count). The number of nitrogens with one attached hydrogen (secondary N) is 1. The van der Waals surface area contributed by atoms with E-state index in [1.165, 1.54) is 25.3 Å². The first-order chi connectivity index (χ1) is 10.5. The number of benzene rings is 1. The number of amides is 1. The van der Waals surface area contributed by atoms with Crippen LogP contribution < -0.4 is 10.1 Å². The standard InChI is InChI=1S/C14H14N2O6/c1-3-11(17)15-9-7-22-13-8(12(9)14(18)21-2)5-4-6-10(13)16(19)20/h4-6H,3,7H2,1-2H3,(H,15,17). The van der Waals surface area contributed by atoms with E-state index in [2.05, 4.69) is 5.32 Å². The third-order valence-corrected chi connectivity index (χ3v) is 3.12. The van der Waals surface area contributed by atoms with Crippen LogP contribution in [0.5, 0.6) is 5.75 Å². The zero-order valence-corrected chi connectivity index (χ0v) is 12.0. The molecule has 1 amide bonds. The Bertz CT molecular complexity index is 680. The molecule has 1 heterocycles. The molecule has 0 atom stereocenters. The summed E-state index contributed by atoms with van der Waals surface area (Å²) in [5, 5.41) is 13.6. The van der Waals surface area contributed by atoms with Crippen LogP contribution in [-0.4, -0.2) is 30.5 Å². The number of para-hydroxylation sites is 1. The van der Waals surface area contributed by atoms with E-state index in [4.69, 9.17) is 9.47 Å². The molecule has 1 aromatic carbocycles. The first-order valence-corrected chi connectivity index (χ1v) is 6.51. The Hall–Kier alpha value is -2.90. The number of methoxy groups -OCH3 is 1. The average Bonchev–Trinajstić information content (AvgIpc) is 2.52. The maximum absolute atomic E-state index is 12.0. The van der Waals surface area contributed by atoms with Gasteiger partial charge in [-0.3, -0.25) is 14.9 Å². The normalized spacial score (nSPS) is 13.0. The number of rotatable bonds is 4. The SMILES string of the molecule is CCC(=O)NC1=C(C(=O)OC)c2cccc([N+](=O)[O-])c2OC1. The minimum Gasteiger partial charge on any atom is -0.480 e. The molecule has 1 aromatic rings. The number of ether oxygens (including phenoxy) is 2. The smallest absolute Gasteiger partial charge is 0.340 e. The third kappa shape index (κ3) is 2.76. The van der Waals surface area contributed by atoms with Gasteiger partial charge in [0.2, 0.25) is 11.7 Å². The highest BCUT2D eigenvalue weighted by Crippen LogP contribution is 2.39.